The zero-order valence-electron chi connectivity index (χ0n) is 7.90. The van der Waals surface area contributed by atoms with Crippen LogP contribution in [0, 0.1) is 11.6 Å². The van der Waals surface area contributed by atoms with Crippen LogP contribution < -0.4 is 5.32 Å². The van der Waals surface area contributed by atoms with Crippen LogP contribution in [0.4, 0.5) is 8.78 Å². The summed E-state index contributed by atoms with van der Waals surface area (Å²) in [6, 6.07) is 2.64. The van der Waals surface area contributed by atoms with Crippen molar-refractivity contribution in [2.24, 2.45) is 0 Å². The fourth-order valence-corrected chi connectivity index (χ4v) is 1.86. The molecule has 1 saturated heterocycles. The second-order valence-corrected chi connectivity index (χ2v) is 3.87. The average Bonchev–Trinajstić information content (AvgIpc) is 2.66. The van der Waals surface area contributed by atoms with Crippen molar-refractivity contribution in [3.63, 3.8) is 0 Å². The van der Waals surface area contributed by atoms with E-state index in [-0.39, 0.29) is 18.3 Å². The highest BCUT2D eigenvalue weighted by molar-refractivity contribution is 6.30. The first-order valence-electron chi connectivity index (χ1n) is 4.53. The molecule has 1 fully saturated rings. The maximum Gasteiger partial charge on any atom is 0.145 e. The van der Waals surface area contributed by atoms with Gasteiger partial charge in [-0.05, 0) is 36.6 Å². The predicted molar refractivity (Wildman–Crippen MR) is 58.8 cm³/mol. The van der Waals surface area contributed by atoms with Gasteiger partial charge in [-0.25, -0.2) is 8.78 Å². The molecule has 1 aromatic rings. The molecule has 2 rings (SSSR count). The minimum absolute atomic E-state index is 0. The van der Waals surface area contributed by atoms with Gasteiger partial charge in [-0.2, -0.15) is 0 Å². The van der Waals surface area contributed by atoms with E-state index in [0.29, 0.717) is 5.56 Å². The Balaban J connectivity index is 0.00000112. The van der Waals surface area contributed by atoms with E-state index in [1.54, 1.807) is 0 Å². The van der Waals surface area contributed by atoms with Crippen LogP contribution in [-0.2, 0) is 0 Å². The SMILES string of the molecule is Cl.Fc1cc(C2CCNC2)cc(F)c1Cl. The summed E-state index contributed by atoms with van der Waals surface area (Å²) in [6.45, 7) is 1.68. The van der Waals surface area contributed by atoms with Gasteiger partial charge in [0.05, 0.1) is 0 Å². The molecule has 1 atom stereocenters. The van der Waals surface area contributed by atoms with E-state index >= 15 is 0 Å². The predicted octanol–water partition coefficient (Wildman–Crippen LogP) is 3.12. The lowest BCUT2D eigenvalue weighted by Crippen LogP contribution is -2.08. The van der Waals surface area contributed by atoms with E-state index in [1.807, 2.05) is 0 Å². The standard InChI is InChI=1S/C10H10ClF2N.ClH/c11-10-8(12)3-7(4-9(10)13)6-1-2-14-5-6;/h3-4,6,14H,1-2,5H2;1H. The number of hydrogen-bond acceptors (Lipinski definition) is 1. The van der Waals surface area contributed by atoms with E-state index < -0.39 is 16.7 Å². The quantitative estimate of drug-likeness (QED) is 0.759. The number of hydrogen-bond donors (Lipinski definition) is 1. The molecule has 1 unspecified atom stereocenters. The van der Waals surface area contributed by atoms with Crippen LogP contribution in [0.2, 0.25) is 5.02 Å². The topological polar surface area (TPSA) is 12.0 Å². The number of nitrogens with one attached hydrogen (secondary N) is 1. The number of rotatable bonds is 1. The van der Waals surface area contributed by atoms with E-state index in [4.69, 9.17) is 11.6 Å². The highest BCUT2D eigenvalue weighted by Gasteiger charge is 2.19. The molecule has 1 aromatic carbocycles. The third-order valence-corrected chi connectivity index (χ3v) is 2.90. The van der Waals surface area contributed by atoms with Gasteiger partial charge in [0.2, 0.25) is 0 Å². The smallest absolute Gasteiger partial charge is 0.145 e. The summed E-state index contributed by atoms with van der Waals surface area (Å²) in [4.78, 5) is 0. The summed E-state index contributed by atoms with van der Waals surface area (Å²) >= 11 is 5.39. The molecule has 1 nitrogen and oxygen atoms in total. The van der Waals surface area contributed by atoms with Crippen LogP contribution in [0.15, 0.2) is 12.1 Å². The van der Waals surface area contributed by atoms with Gasteiger partial charge in [0, 0.05) is 6.54 Å². The molecule has 0 aromatic heterocycles. The normalized spacial score (nSPS) is 20.1. The summed E-state index contributed by atoms with van der Waals surface area (Å²) in [6.07, 6.45) is 0.917. The summed E-state index contributed by atoms with van der Waals surface area (Å²) in [5, 5.41) is 2.73. The molecular formula is C10H11Cl2F2N. The molecule has 1 aliphatic heterocycles. The van der Waals surface area contributed by atoms with Gasteiger partial charge in [-0.3, -0.25) is 0 Å². The first-order chi connectivity index (χ1) is 6.68. The number of benzene rings is 1. The Morgan fingerprint density at radius 3 is 2.33 bits per heavy atom. The molecule has 84 valence electrons. The van der Waals surface area contributed by atoms with Gasteiger partial charge in [0.15, 0.2) is 0 Å². The van der Waals surface area contributed by atoms with Crippen LogP contribution in [0.1, 0.15) is 17.9 Å². The molecule has 1 heterocycles. The second kappa shape index (κ2) is 5.10. The van der Waals surface area contributed by atoms with Crippen LogP contribution in [-0.4, -0.2) is 13.1 Å². The molecule has 0 saturated carbocycles. The Morgan fingerprint density at radius 1 is 1.27 bits per heavy atom. The molecular weight excluding hydrogens is 243 g/mol. The molecule has 0 amide bonds. The Morgan fingerprint density at radius 2 is 1.87 bits per heavy atom. The Labute approximate surface area is 98.2 Å². The zero-order valence-corrected chi connectivity index (χ0v) is 9.47. The maximum absolute atomic E-state index is 13.1. The molecule has 0 spiro atoms. The fraction of sp³-hybridized carbons (Fsp3) is 0.400. The van der Waals surface area contributed by atoms with Crippen molar-refractivity contribution in [1.82, 2.24) is 5.32 Å². The first kappa shape index (κ1) is 12.7. The average molecular weight is 254 g/mol. The van der Waals surface area contributed by atoms with Gasteiger partial charge in [-0.15, -0.1) is 12.4 Å². The third-order valence-electron chi connectivity index (χ3n) is 2.54. The second-order valence-electron chi connectivity index (χ2n) is 3.49. The van der Waals surface area contributed by atoms with Crippen molar-refractivity contribution >= 4 is 24.0 Å². The lowest BCUT2D eigenvalue weighted by molar-refractivity contribution is 0.575. The van der Waals surface area contributed by atoms with Crippen molar-refractivity contribution in [2.45, 2.75) is 12.3 Å². The van der Waals surface area contributed by atoms with Gasteiger partial charge < -0.3 is 5.32 Å². The van der Waals surface area contributed by atoms with Crippen LogP contribution in [0.25, 0.3) is 0 Å². The Kier molecular flexibility index (Phi) is 4.32. The highest BCUT2D eigenvalue weighted by Crippen LogP contribution is 2.27. The van der Waals surface area contributed by atoms with Crippen LogP contribution in [0.5, 0.6) is 0 Å². The lowest BCUT2D eigenvalue weighted by atomic mass is 9.98. The van der Waals surface area contributed by atoms with Crippen molar-refractivity contribution in [2.75, 3.05) is 13.1 Å². The molecule has 5 heteroatoms. The molecule has 0 bridgehead atoms. The van der Waals surface area contributed by atoms with Gasteiger partial charge in [0.1, 0.15) is 16.7 Å². The van der Waals surface area contributed by atoms with Crippen molar-refractivity contribution < 1.29 is 8.78 Å². The van der Waals surface area contributed by atoms with Crippen LogP contribution >= 0.6 is 24.0 Å². The zero-order chi connectivity index (χ0) is 10.1. The van der Waals surface area contributed by atoms with Gasteiger partial charge >= 0.3 is 0 Å². The third kappa shape index (κ3) is 2.60. The van der Waals surface area contributed by atoms with Crippen molar-refractivity contribution in [3.8, 4) is 0 Å². The lowest BCUT2D eigenvalue weighted by Gasteiger charge is -2.09. The molecule has 1 aliphatic rings. The van der Waals surface area contributed by atoms with E-state index in [0.717, 1.165) is 19.5 Å². The Hall–Kier alpha value is -0.380. The first-order valence-corrected chi connectivity index (χ1v) is 4.91. The van der Waals surface area contributed by atoms with E-state index in [1.165, 1.54) is 12.1 Å². The molecule has 1 N–H and O–H groups in total. The van der Waals surface area contributed by atoms with E-state index in [2.05, 4.69) is 5.32 Å². The Bertz CT molecular complexity index is 328. The summed E-state index contributed by atoms with van der Waals surface area (Å²) < 4.78 is 26.2. The molecule has 0 aliphatic carbocycles. The highest BCUT2D eigenvalue weighted by atomic mass is 35.5. The molecule has 15 heavy (non-hydrogen) atoms. The summed E-state index contributed by atoms with van der Waals surface area (Å²) in [7, 11) is 0. The summed E-state index contributed by atoms with van der Waals surface area (Å²) in [5.41, 5.74) is 0.689. The minimum atomic E-state index is -0.673. The van der Waals surface area contributed by atoms with Crippen molar-refractivity contribution in [1.29, 1.82) is 0 Å². The van der Waals surface area contributed by atoms with Gasteiger partial charge in [0.25, 0.3) is 0 Å². The molecule has 0 radical (unpaired) electrons. The minimum Gasteiger partial charge on any atom is -0.316 e. The van der Waals surface area contributed by atoms with E-state index in [9.17, 15) is 8.78 Å². The maximum atomic E-state index is 13.1. The largest absolute Gasteiger partial charge is 0.316 e. The monoisotopic (exact) mass is 253 g/mol. The van der Waals surface area contributed by atoms with Crippen LogP contribution in [0.3, 0.4) is 0 Å². The fourth-order valence-electron chi connectivity index (χ4n) is 1.75. The van der Waals surface area contributed by atoms with Crippen molar-refractivity contribution in [3.05, 3.63) is 34.4 Å². The number of halogens is 4. The van der Waals surface area contributed by atoms with Gasteiger partial charge in [-0.1, -0.05) is 11.6 Å². The summed E-state index contributed by atoms with van der Waals surface area (Å²) in [5.74, 6) is -1.14.